The smallest absolute Gasteiger partial charge is 0.341 e. The van der Waals surface area contributed by atoms with Gasteiger partial charge in [-0.05, 0) is 25.0 Å². The second-order valence-corrected chi connectivity index (χ2v) is 5.76. The first kappa shape index (κ1) is 15.2. The van der Waals surface area contributed by atoms with Crippen molar-refractivity contribution in [3.8, 4) is 5.75 Å². The molecule has 0 bridgehead atoms. The average molecular weight is 317 g/mol. The molecule has 2 aromatic carbocycles. The maximum absolute atomic E-state index is 12.0. The number of hydrogen-bond acceptors (Lipinski definition) is 6. The van der Waals surface area contributed by atoms with Gasteiger partial charge in [0.1, 0.15) is 23.5 Å². The summed E-state index contributed by atoms with van der Waals surface area (Å²) in [6.45, 7) is 3.24. The van der Waals surface area contributed by atoms with Crippen LogP contribution in [0.2, 0.25) is 0 Å². The van der Waals surface area contributed by atoms with E-state index in [4.69, 9.17) is 9.47 Å². The molecule has 7 heteroatoms. The second-order valence-electron chi connectivity index (χ2n) is 5.76. The average Bonchev–Trinajstić information content (AvgIpc) is 2.50. The lowest BCUT2D eigenvalue weighted by Crippen LogP contribution is -2.33. The molecule has 0 fully saturated rings. The molecule has 1 N–H and O–H groups in total. The van der Waals surface area contributed by atoms with Crippen LogP contribution in [0.3, 0.4) is 0 Å². The highest BCUT2D eigenvalue weighted by Gasteiger charge is 2.37. The third kappa shape index (κ3) is 2.12. The van der Waals surface area contributed by atoms with Gasteiger partial charge in [0.25, 0.3) is 5.69 Å². The van der Waals surface area contributed by atoms with Crippen molar-refractivity contribution in [3.63, 3.8) is 0 Å². The van der Waals surface area contributed by atoms with E-state index in [1.54, 1.807) is 26.0 Å². The Kier molecular flexibility index (Phi) is 3.26. The molecule has 1 unspecified atom stereocenters. The maximum Gasteiger partial charge on any atom is 0.341 e. The van der Waals surface area contributed by atoms with Crippen LogP contribution in [0.5, 0.6) is 5.75 Å². The van der Waals surface area contributed by atoms with Crippen LogP contribution in [-0.4, -0.2) is 29.7 Å². The predicted octanol–water partition coefficient (Wildman–Crippen LogP) is 2.44. The minimum absolute atomic E-state index is 0.0194. The summed E-state index contributed by atoms with van der Waals surface area (Å²) in [7, 11) is 1.20. The second kappa shape index (κ2) is 4.92. The zero-order valence-corrected chi connectivity index (χ0v) is 12.9. The van der Waals surface area contributed by atoms with Crippen molar-refractivity contribution in [1.82, 2.24) is 0 Å². The molecule has 1 atom stereocenters. The Morgan fingerprint density at radius 3 is 2.74 bits per heavy atom. The first-order chi connectivity index (χ1) is 10.8. The van der Waals surface area contributed by atoms with Gasteiger partial charge >= 0.3 is 5.97 Å². The molecule has 0 spiro atoms. The number of nitro benzene ring substituents is 1. The van der Waals surface area contributed by atoms with E-state index in [1.165, 1.54) is 13.2 Å². The molecular weight excluding hydrogens is 302 g/mol. The SMILES string of the molecule is COC(=O)c1cc([N+](=O)[O-])c2c(C)ccc3c2c1OCC3(C)O. The Bertz CT molecular complexity index is 856. The molecule has 1 aliphatic rings. The summed E-state index contributed by atoms with van der Waals surface area (Å²) >= 11 is 0. The minimum Gasteiger partial charge on any atom is -0.489 e. The van der Waals surface area contributed by atoms with Crippen molar-refractivity contribution in [2.24, 2.45) is 0 Å². The van der Waals surface area contributed by atoms with E-state index in [2.05, 4.69) is 0 Å². The fourth-order valence-corrected chi connectivity index (χ4v) is 2.98. The molecule has 2 aromatic rings. The summed E-state index contributed by atoms with van der Waals surface area (Å²) in [4.78, 5) is 22.9. The number of nitro groups is 1. The normalized spacial score (nSPS) is 19.3. The molecular formula is C16H15NO6. The quantitative estimate of drug-likeness (QED) is 0.519. The Morgan fingerprint density at radius 2 is 2.13 bits per heavy atom. The van der Waals surface area contributed by atoms with Gasteiger partial charge in [0.05, 0.1) is 17.4 Å². The number of aliphatic hydroxyl groups is 1. The van der Waals surface area contributed by atoms with E-state index in [9.17, 15) is 20.0 Å². The third-order valence-corrected chi connectivity index (χ3v) is 4.10. The van der Waals surface area contributed by atoms with Gasteiger partial charge in [-0.2, -0.15) is 0 Å². The van der Waals surface area contributed by atoms with Crippen LogP contribution in [0.1, 0.15) is 28.4 Å². The molecule has 120 valence electrons. The fourth-order valence-electron chi connectivity index (χ4n) is 2.98. The summed E-state index contributed by atoms with van der Waals surface area (Å²) in [5, 5.41) is 22.7. The van der Waals surface area contributed by atoms with Crippen LogP contribution in [-0.2, 0) is 10.3 Å². The van der Waals surface area contributed by atoms with E-state index >= 15 is 0 Å². The molecule has 0 aliphatic carbocycles. The number of hydrogen-bond donors (Lipinski definition) is 1. The highest BCUT2D eigenvalue weighted by Crippen LogP contribution is 2.46. The minimum atomic E-state index is -1.30. The van der Waals surface area contributed by atoms with E-state index < -0.39 is 16.5 Å². The topological polar surface area (TPSA) is 98.9 Å². The number of aryl methyl sites for hydroxylation is 1. The summed E-state index contributed by atoms with van der Waals surface area (Å²) in [5.74, 6) is -0.512. The van der Waals surface area contributed by atoms with Crippen molar-refractivity contribution < 1.29 is 24.3 Å². The first-order valence-corrected chi connectivity index (χ1v) is 6.96. The van der Waals surface area contributed by atoms with Gasteiger partial charge in [0.2, 0.25) is 0 Å². The zero-order chi connectivity index (χ0) is 16.9. The number of rotatable bonds is 2. The van der Waals surface area contributed by atoms with Crippen LogP contribution >= 0.6 is 0 Å². The Labute approximate surface area is 131 Å². The van der Waals surface area contributed by atoms with Crippen LogP contribution in [0.15, 0.2) is 18.2 Å². The molecule has 0 radical (unpaired) electrons. The summed E-state index contributed by atoms with van der Waals surface area (Å²) < 4.78 is 10.3. The van der Waals surface area contributed by atoms with Crippen molar-refractivity contribution in [3.05, 3.63) is 45.0 Å². The van der Waals surface area contributed by atoms with Crippen molar-refractivity contribution in [2.45, 2.75) is 19.4 Å². The summed E-state index contributed by atoms with van der Waals surface area (Å²) in [5.41, 5.74) is -0.386. The van der Waals surface area contributed by atoms with E-state index in [-0.39, 0.29) is 23.6 Å². The van der Waals surface area contributed by atoms with E-state index in [1.807, 2.05) is 0 Å². The lowest BCUT2D eigenvalue weighted by Gasteiger charge is -2.32. The molecule has 0 saturated carbocycles. The molecule has 1 aliphatic heterocycles. The summed E-state index contributed by atoms with van der Waals surface area (Å²) in [6, 6.07) is 4.58. The molecule has 3 rings (SSSR count). The number of ether oxygens (including phenoxy) is 2. The van der Waals surface area contributed by atoms with E-state index in [0.29, 0.717) is 21.9 Å². The number of non-ortho nitro benzene ring substituents is 1. The highest BCUT2D eigenvalue weighted by molar-refractivity contribution is 6.08. The number of nitrogens with zero attached hydrogens (tertiary/aromatic N) is 1. The lowest BCUT2D eigenvalue weighted by atomic mass is 9.85. The van der Waals surface area contributed by atoms with Gasteiger partial charge in [-0.15, -0.1) is 0 Å². The third-order valence-electron chi connectivity index (χ3n) is 4.10. The van der Waals surface area contributed by atoms with E-state index in [0.717, 1.165) is 0 Å². The highest BCUT2D eigenvalue weighted by atomic mass is 16.6. The van der Waals surface area contributed by atoms with Gasteiger partial charge < -0.3 is 14.6 Å². The number of carbonyl (C=O) groups is 1. The molecule has 1 heterocycles. The standard InChI is InChI=1S/C16H15NO6/c1-8-4-5-10-13-12(8)11(17(20)21)6-9(15(18)22-3)14(13)23-7-16(10,2)19/h4-6,19H,7H2,1-3H3. The molecule has 0 saturated heterocycles. The fraction of sp³-hybridized carbons (Fsp3) is 0.312. The van der Waals surface area contributed by atoms with Crippen molar-refractivity contribution >= 4 is 22.4 Å². The Morgan fingerprint density at radius 1 is 1.43 bits per heavy atom. The van der Waals surface area contributed by atoms with Crippen molar-refractivity contribution in [2.75, 3.05) is 13.7 Å². The lowest BCUT2D eigenvalue weighted by molar-refractivity contribution is -0.383. The maximum atomic E-state index is 12.0. The summed E-state index contributed by atoms with van der Waals surface area (Å²) in [6.07, 6.45) is 0. The number of methoxy groups -OCH3 is 1. The van der Waals surface area contributed by atoms with Crippen molar-refractivity contribution in [1.29, 1.82) is 0 Å². The largest absolute Gasteiger partial charge is 0.489 e. The number of benzene rings is 2. The van der Waals surface area contributed by atoms with Gasteiger partial charge in [-0.25, -0.2) is 4.79 Å². The van der Waals surface area contributed by atoms with Gasteiger partial charge in [0.15, 0.2) is 0 Å². The monoisotopic (exact) mass is 317 g/mol. The van der Waals surface area contributed by atoms with Gasteiger partial charge in [-0.3, -0.25) is 10.1 Å². The van der Waals surface area contributed by atoms with Crippen LogP contribution in [0.25, 0.3) is 10.8 Å². The van der Waals surface area contributed by atoms with Crippen LogP contribution in [0, 0.1) is 17.0 Å². The number of carbonyl (C=O) groups excluding carboxylic acids is 1. The molecule has 0 aromatic heterocycles. The number of esters is 1. The zero-order valence-electron chi connectivity index (χ0n) is 12.9. The van der Waals surface area contributed by atoms with Crippen LogP contribution in [0.4, 0.5) is 5.69 Å². The Balaban J connectivity index is 2.55. The molecule has 7 nitrogen and oxygen atoms in total. The predicted molar refractivity (Wildman–Crippen MR) is 81.7 cm³/mol. The molecule has 23 heavy (non-hydrogen) atoms. The first-order valence-electron chi connectivity index (χ1n) is 6.96. The van der Waals surface area contributed by atoms with Gasteiger partial charge in [-0.1, -0.05) is 12.1 Å². The van der Waals surface area contributed by atoms with Gasteiger partial charge in [0, 0.05) is 11.5 Å². The Hall–Kier alpha value is -2.67. The molecule has 0 amide bonds. The van der Waals surface area contributed by atoms with Crippen LogP contribution < -0.4 is 4.74 Å².